The Hall–Kier alpha value is -0.710. The number of amides is 1. The van der Waals surface area contributed by atoms with Gasteiger partial charge in [-0.2, -0.15) is 0 Å². The first kappa shape index (κ1) is 15.2. The average Bonchev–Trinajstić information content (AvgIpc) is 2.93. The minimum absolute atomic E-state index is 0.0532. The van der Waals surface area contributed by atoms with Crippen molar-refractivity contribution in [3.8, 4) is 0 Å². The number of fused-ring (bicyclic) bond motifs is 1. The smallest absolute Gasteiger partial charge is 0.255 e. The van der Waals surface area contributed by atoms with Crippen LogP contribution >= 0.6 is 23.4 Å². The van der Waals surface area contributed by atoms with Gasteiger partial charge in [0, 0.05) is 24.0 Å². The number of thioether (sulfide) groups is 1. The normalized spacial score (nSPS) is 28.5. The van der Waals surface area contributed by atoms with Crippen molar-refractivity contribution in [2.75, 3.05) is 19.3 Å². The Morgan fingerprint density at radius 1 is 1.38 bits per heavy atom. The summed E-state index contributed by atoms with van der Waals surface area (Å²) < 4.78 is 0. The van der Waals surface area contributed by atoms with Gasteiger partial charge in [-0.1, -0.05) is 18.0 Å². The van der Waals surface area contributed by atoms with Crippen molar-refractivity contribution in [2.45, 2.75) is 30.2 Å². The lowest BCUT2D eigenvalue weighted by Gasteiger charge is -2.29. The topological polar surface area (TPSA) is 46.3 Å². The molecule has 1 amide bonds. The molecule has 1 saturated heterocycles. The minimum Gasteiger partial charge on any atom is -0.338 e. The lowest BCUT2D eigenvalue weighted by atomic mass is 9.78. The van der Waals surface area contributed by atoms with E-state index in [1.54, 1.807) is 11.8 Å². The molecule has 3 nitrogen and oxygen atoms in total. The van der Waals surface area contributed by atoms with Crippen LogP contribution < -0.4 is 5.73 Å². The maximum absolute atomic E-state index is 12.8. The monoisotopic (exact) mass is 324 g/mol. The third-order valence-electron chi connectivity index (χ3n) is 4.85. The molecular weight excluding hydrogens is 304 g/mol. The summed E-state index contributed by atoms with van der Waals surface area (Å²) in [6.07, 6.45) is 5.47. The second kappa shape index (κ2) is 6.19. The first-order valence-electron chi connectivity index (χ1n) is 7.48. The van der Waals surface area contributed by atoms with Gasteiger partial charge in [0.1, 0.15) is 0 Å². The lowest BCUT2D eigenvalue weighted by molar-refractivity contribution is 0.0783. The summed E-state index contributed by atoms with van der Waals surface area (Å²) in [4.78, 5) is 15.8. The second-order valence-corrected chi connectivity index (χ2v) is 7.36. The van der Waals surface area contributed by atoms with Crippen LogP contribution in [0.15, 0.2) is 23.1 Å². The molecule has 114 valence electrons. The van der Waals surface area contributed by atoms with E-state index in [2.05, 4.69) is 0 Å². The number of rotatable bonds is 2. The maximum Gasteiger partial charge on any atom is 0.255 e. The van der Waals surface area contributed by atoms with Crippen LogP contribution in [0.1, 0.15) is 29.6 Å². The number of hydrogen-bond donors (Lipinski definition) is 1. The number of hydrogen-bond acceptors (Lipinski definition) is 3. The second-order valence-electron chi connectivity index (χ2n) is 6.07. The molecule has 5 heteroatoms. The zero-order valence-corrected chi connectivity index (χ0v) is 13.8. The number of nitrogens with two attached hydrogens (primary N) is 1. The molecule has 1 aliphatic heterocycles. The first-order chi connectivity index (χ1) is 10.1. The van der Waals surface area contributed by atoms with E-state index in [-0.39, 0.29) is 11.9 Å². The van der Waals surface area contributed by atoms with E-state index in [1.807, 2.05) is 29.4 Å². The van der Waals surface area contributed by atoms with Crippen molar-refractivity contribution in [2.24, 2.45) is 17.6 Å². The van der Waals surface area contributed by atoms with E-state index >= 15 is 0 Å². The van der Waals surface area contributed by atoms with E-state index in [4.69, 9.17) is 17.3 Å². The van der Waals surface area contributed by atoms with Gasteiger partial charge in [0.25, 0.3) is 5.91 Å². The zero-order chi connectivity index (χ0) is 15.0. The molecule has 1 aliphatic carbocycles. The Balaban J connectivity index is 1.80. The summed E-state index contributed by atoms with van der Waals surface area (Å²) in [5.41, 5.74) is 6.85. The van der Waals surface area contributed by atoms with E-state index in [0.29, 0.717) is 22.4 Å². The highest BCUT2D eigenvalue weighted by molar-refractivity contribution is 7.98. The first-order valence-corrected chi connectivity index (χ1v) is 9.09. The number of nitrogens with zero attached hydrogens (tertiary/aromatic N) is 1. The molecular formula is C16H21ClN2OS. The van der Waals surface area contributed by atoms with Gasteiger partial charge in [-0.3, -0.25) is 4.79 Å². The number of carbonyl (C=O) groups is 1. The molecule has 3 atom stereocenters. The standard InChI is InChI=1S/C16H21ClN2OS/c1-21-11-5-6-14(17)12(7-11)16(20)19-8-10-3-2-4-15(18)13(10)9-19/h5-7,10,13,15H,2-4,8-9,18H2,1H3. The lowest BCUT2D eigenvalue weighted by Crippen LogP contribution is -2.38. The Labute approximate surface area is 135 Å². The van der Waals surface area contributed by atoms with Crippen LogP contribution in [0.25, 0.3) is 0 Å². The largest absolute Gasteiger partial charge is 0.338 e. The highest BCUT2D eigenvalue weighted by Crippen LogP contribution is 2.36. The van der Waals surface area contributed by atoms with Crippen molar-refractivity contribution in [3.63, 3.8) is 0 Å². The number of carbonyl (C=O) groups excluding carboxylic acids is 1. The molecule has 3 unspecified atom stereocenters. The van der Waals surface area contributed by atoms with Gasteiger partial charge >= 0.3 is 0 Å². The Morgan fingerprint density at radius 3 is 2.90 bits per heavy atom. The maximum atomic E-state index is 12.8. The molecule has 2 fully saturated rings. The van der Waals surface area contributed by atoms with Crippen LogP contribution in [0.4, 0.5) is 0 Å². The van der Waals surface area contributed by atoms with Gasteiger partial charge in [-0.15, -0.1) is 11.8 Å². The average molecular weight is 325 g/mol. The van der Waals surface area contributed by atoms with Crippen molar-refractivity contribution >= 4 is 29.3 Å². The quantitative estimate of drug-likeness (QED) is 0.849. The van der Waals surface area contributed by atoms with Crippen LogP contribution in [-0.4, -0.2) is 36.2 Å². The summed E-state index contributed by atoms with van der Waals surface area (Å²) >= 11 is 7.85. The summed E-state index contributed by atoms with van der Waals surface area (Å²) in [6.45, 7) is 1.61. The molecule has 1 aromatic carbocycles. The van der Waals surface area contributed by atoms with E-state index in [9.17, 15) is 4.79 Å². The summed E-state index contributed by atoms with van der Waals surface area (Å²) in [5, 5.41) is 0.539. The van der Waals surface area contributed by atoms with Gasteiger partial charge in [0.15, 0.2) is 0 Å². The van der Waals surface area contributed by atoms with E-state index in [1.165, 1.54) is 12.8 Å². The molecule has 0 radical (unpaired) electrons. The number of halogens is 1. The van der Waals surface area contributed by atoms with Gasteiger partial charge in [0.05, 0.1) is 10.6 Å². The summed E-state index contributed by atoms with van der Waals surface area (Å²) in [6, 6.07) is 5.91. The molecule has 0 bridgehead atoms. The fourth-order valence-corrected chi connectivity index (χ4v) is 4.29. The van der Waals surface area contributed by atoms with Crippen LogP contribution in [0.3, 0.4) is 0 Å². The van der Waals surface area contributed by atoms with E-state index < -0.39 is 0 Å². The summed E-state index contributed by atoms with van der Waals surface area (Å²) in [7, 11) is 0. The Bertz CT molecular complexity index is 551. The van der Waals surface area contributed by atoms with Crippen LogP contribution in [-0.2, 0) is 0 Å². The molecule has 1 aromatic rings. The number of benzene rings is 1. The number of likely N-dealkylation sites (tertiary alicyclic amines) is 1. The van der Waals surface area contributed by atoms with Crippen LogP contribution in [0.2, 0.25) is 5.02 Å². The molecule has 2 aliphatic rings. The molecule has 1 saturated carbocycles. The molecule has 3 rings (SSSR count). The van der Waals surface area contributed by atoms with Crippen molar-refractivity contribution < 1.29 is 4.79 Å². The Kier molecular flexibility index (Phi) is 4.48. The third-order valence-corrected chi connectivity index (χ3v) is 5.90. The van der Waals surface area contributed by atoms with Gasteiger partial charge in [0.2, 0.25) is 0 Å². The van der Waals surface area contributed by atoms with Gasteiger partial charge in [-0.25, -0.2) is 0 Å². The SMILES string of the molecule is CSc1ccc(Cl)c(C(=O)N2CC3CCCC(N)C3C2)c1. The molecule has 1 heterocycles. The third kappa shape index (κ3) is 2.94. The molecule has 0 aromatic heterocycles. The molecule has 0 spiro atoms. The predicted molar refractivity (Wildman–Crippen MR) is 87.9 cm³/mol. The molecule has 21 heavy (non-hydrogen) atoms. The highest BCUT2D eigenvalue weighted by atomic mass is 35.5. The van der Waals surface area contributed by atoms with Gasteiger partial charge in [-0.05, 0) is 49.1 Å². The predicted octanol–water partition coefficient (Wildman–Crippen LogP) is 3.26. The highest BCUT2D eigenvalue weighted by Gasteiger charge is 2.40. The van der Waals surface area contributed by atoms with Crippen molar-refractivity contribution in [1.29, 1.82) is 0 Å². The van der Waals surface area contributed by atoms with Crippen molar-refractivity contribution in [1.82, 2.24) is 4.90 Å². The fourth-order valence-electron chi connectivity index (χ4n) is 3.65. The summed E-state index contributed by atoms with van der Waals surface area (Å²) in [5.74, 6) is 1.09. The fraction of sp³-hybridized carbons (Fsp3) is 0.562. The minimum atomic E-state index is 0.0532. The van der Waals surface area contributed by atoms with Crippen molar-refractivity contribution in [3.05, 3.63) is 28.8 Å². The molecule has 2 N–H and O–H groups in total. The van der Waals surface area contributed by atoms with Gasteiger partial charge < -0.3 is 10.6 Å². The Morgan fingerprint density at radius 2 is 2.19 bits per heavy atom. The zero-order valence-electron chi connectivity index (χ0n) is 12.2. The van der Waals surface area contributed by atoms with E-state index in [0.717, 1.165) is 24.4 Å². The van der Waals surface area contributed by atoms with Crippen LogP contribution in [0.5, 0.6) is 0 Å². The van der Waals surface area contributed by atoms with Crippen LogP contribution in [0, 0.1) is 11.8 Å².